The molecule has 0 saturated carbocycles. The van der Waals surface area contributed by atoms with Gasteiger partial charge in [-0.2, -0.15) is 5.10 Å². The van der Waals surface area contributed by atoms with Gasteiger partial charge in [-0.05, 0) is 40.4 Å². The van der Waals surface area contributed by atoms with Crippen LogP contribution in [0.25, 0.3) is 0 Å². The topological polar surface area (TPSA) is 43.8 Å². The van der Waals surface area contributed by atoms with Crippen molar-refractivity contribution >= 4 is 15.9 Å². The van der Waals surface area contributed by atoms with E-state index in [0.29, 0.717) is 6.54 Å². The van der Waals surface area contributed by atoms with Gasteiger partial charge in [0.2, 0.25) is 0 Å². The number of halogens is 1. The van der Waals surface area contributed by atoms with Crippen molar-refractivity contribution in [1.82, 2.24) is 9.78 Å². The van der Waals surface area contributed by atoms with E-state index in [1.807, 2.05) is 17.8 Å². The predicted octanol–water partition coefficient (Wildman–Crippen LogP) is 1.71. The quantitative estimate of drug-likeness (QED) is 0.882. The van der Waals surface area contributed by atoms with Gasteiger partial charge in [0.25, 0.3) is 0 Å². The van der Waals surface area contributed by atoms with Crippen LogP contribution in [0, 0.1) is 5.41 Å². The number of aromatic nitrogens is 2. The van der Waals surface area contributed by atoms with Crippen LogP contribution in [0.15, 0.2) is 10.7 Å². The second-order valence-corrected chi connectivity index (χ2v) is 4.94. The fraction of sp³-hybridized carbons (Fsp3) is 0.667. The lowest BCUT2D eigenvalue weighted by Gasteiger charge is -2.21. The Hall–Kier alpha value is -0.350. The standard InChI is InChI=1S/C9H16BrN3/c1-9(2,6-11)5-7-4-8(10)12-13(7)3/h4H,5-6,11H2,1-3H3. The van der Waals surface area contributed by atoms with Crippen molar-refractivity contribution in [3.05, 3.63) is 16.4 Å². The molecule has 74 valence electrons. The molecular weight excluding hydrogens is 230 g/mol. The zero-order valence-corrected chi connectivity index (χ0v) is 9.93. The zero-order valence-electron chi connectivity index (χ0n) is 8.34. The summed E-state index contributed by atoms with van der Waals surface area (Å²) >= 11 is 3.35. The first-order chi connectivity index (χ1) is 5.94. The molecule has 1 rings (SSSR count). The molecule has 0 radical (unpaired) electrons. The summed E-state index contributed by atoms with van der Waals surface area (Å²) < 4.78 is 2.78. The molecule has 1 aromatic rings. The van der Waals surface area contributed by atoms with Crippen LogP contribution in [-0.4, -0.2) is 16.3 Å². The Bertz CT molecular complexity index is 291. The Labute approximate surface area is 87.4 Å². The molecule has 0 unspecified atom stereocenters. The van der Waals surface area contributed by atoms with Gasteiger partial charge in [-0.25, -0.2) is 0 Å². The molecule has 0 aliphatic rings. The van der Waals surface area contributed by atoms with E-state index in [2.05, 4.69) is 34.9 Å². The third kappa shape index (κ3) is 2.81. The first-order valence-electron chi connectivity index (χ1n) is 4.33. The van der Waals surface area contributed by atoms with Gasteiger partial charge < -0.3 is 5.73 Å². The highest BCUT2D eigenvalue weighted by Crippen LogP contribution is 2.21. The van der Waals surface area contributed by atoms with Gasteiger partial charge >= 0.3 is 0 Å². The summed E-state index contributed by atoms with van der Waals surface area (Å²) in [6.45, 7) is 5.01. The van der Waals surface area contributed by atoms with Crippen LogP contribution in [-0.2, 0) is 13.5 Å². The Balaban J connectivity index is 2.79. The van der Waals surface area contributed by atoms with Crippen LogP contribution in [0.4, 0.5) is 0 Å². The highest BCUT2D eigenvalue weighted by molar-refractivity contribution is 9.10. The van der Waals surface area contributed by atoms with Crippen LogP contribution in [0.5, 0.6) is 0 Å². The van der Waals surface area contributed by atoms with Gasteiger partial charge in [-0.3, -0.25) is 4.68 Å². The molecule has 0 saturated heterocycles. The molecule has 0 spiro atoms. The Morgan fingerprint density at radius 1 is 1.62 bits per heavy atom. The molecule has 0 bridgehead atoms. The minimum absolute atomic E-state index is 0.146. The predicted molar refractivity (Wildman–Crippen MR) is 57.4 cm³/mol. The average Bonchev–Trinajstić information content (AvgIpc) is 2.30. The van der Waals surface area contributed by atoms with Gasteiger partial charge in [0, 0.05) is 12.7 Å². The minimum Gasteiger partial charge on any atom is -0.330 e. The molecule has 0 aromatic carbocycles. The van der Waals surface area contributed by atoms with Crippen molar-refractivity contribution in [3.8, 4) is 0 Å². The van der Waals surface area contributed by atoms with Gasteiger partial charge in [0.15, 0.2) is 0 Å². The van der Waals surface area contributed by atoms with Gasteiger partial charge in [-0.15, -0.1) is 0 Å². The van der Waals surface area contributed by atoms with E-state index in [-0.39, 0.29) is 5.41 Å². The smallest absolute Gasteiger partial charge is 0.128 e. The molecule has 0 fully saturated rings. The van der Waals surface area contributed by atoms with Crippen molar-refractivity contribution < 1.29 is 0 Å². The first kappa shape index (κ1) is 10.7. The third-order valence-corrected chi connectivity index (χ3v) is 2.55. The molecule has 0 aliphatic carbocycles. The van der Waals surface area contributed by atoms with Crippen LogP contribution >= 0.6 is 15.9 Å². The van der Waals surface area contributed by atoms with Crippen LogP contribution in [0.2, 0.25) is 0 Å². The zero-order chi connectivity index (χ0) is 10.1. The molecule has 3 nitrogen and oxygen atoms in total. The number of nitrogens with zero attached hydrogens (tertiary/aromatic N) is 2. The number of hydrogen-bond donors (Lipinski definition) is 1. The highest BCUT2D eigenvalue weighted by Gasteiger charge is 2.18. The summed E-state index contributed by atoms with van der Waals surface area (Å²) in [7, 11) is 1.95. The number of nitrogens with two attached hydrogens (primary N) is 1. The normalized spacial score (nSPS) is 12.1. The summed E-state index contributed by atoms with van der Waals surface area (Å²) in [5.74, 6) is 0. The van der Waals surface area contributed by atoms with Crippen molar-refractivity contribution in [1.29, 1.82) is 0 Å². The highest BCUT2D eigenvalue weighted by atomic mass is 79.9. The Kier molecular flexibility index (Phi) is 3.14. The molecule has 0 aliphatic heterocycles. The Morgan fingerprint density at radius 3 is 2.62 bits per heavy atom. The summed E-state index contributed by atoms with van der Waals surface area (Å²) in [6.07, 6.45) is 0.957. The van der Waals surface area contributed by atoms with Gasteiger partial charge in [0.1, 0.15) is 4.60 Å². The lowest BCUT2D eigenvalue weighted by atomic mass is 9.88. The van der Waals surface area contributed by atoms with Gasteiger partial charge in [-0.1, -0.05) is 13.8 Å². The van der Waals surface area contributed by atoms with E-state index < -0.39 is 0 Å². The average molecular weight is 246 g/mol. The molecule has 13 heavy (non-hydrogen) atoms. The fourth-order valence-electron chi connectivity index (χ4n) is 1.20. The monoisotopic (exact) mass is 245 g/mol. The van der Waals surface area contributed by atoms with Crippen LogP contribution in [0.1, 0.15) is 19.5 Å². The second-order valence-electron chi connectivity index (χ2n) is 4.13. The molecule has 2 N–H and O–H groups in total. The fourth-order valence-corrected chi connectivity index (χ4v) is 1.70. The van der Waals surface area contributed by atoms with E-state index in [1.54, 1.807) is 0 Å². The van der Waals surface area contributed by atoms with Gasteiger partial charge in [0.05, 0.1) is 0 Å². The molecule has 0 atom stereocenters. The summed E-state index contributed by atoms with van der Waals surface area (Å²) in [6, 6.07) is 2.04. The van der Waals surface area contributed by atoms with E-state index in [9.17, 15) is 0 Å². The lowest BCUT2D eigenvalue weighted by Crippen LogP contribution is -2.26. The third-order valence-electron chi connectivity index (χ3n) is 2.16. The van der Waals surface area contributed by atoms with Crippen molar-refractivity contribution in [3.63, 3.8) is 0 Å². The van der Waals surface area contributed by atoms with Crippen LogP contribution in [0.3, 0.4) is 0 Å². The largest absolute Gasteiger partial charge is 0.330 e. The van der Waals surface area contributed by atoms with E-state index in [0.717, 1.165) is 11.0 Å². The van der Waals surface area contributed by atoms with Crippen molar-refractivity contribution in [2.75, 3.05) is 6.54 Å². The number of hydrogen-bond acceptors (Lipinski definition) is 2. The summed E-state index contributed by atoms with van der Waals surface area (Å²) in [4.78, 5) is 0. The summed E-state index contributed by atoms with van der Waals surface area (Å²) in [5, 5.41) is 4.22. The second kappa shape index (κ2) is 3.80. The van der Waals surface area contributed by atoms with E-state index in [4.69, 9.17) is 5.73 Å². The van der Waals surface area contributed by atoms with Crippen molar-refractivity contribution in [2.45, 2.75) is 20.3 Å². The van der Waals surface area contributed by atoms with Crippen molar-refractivity contribution in [2.24, 2.45) is 18.2 Å². The number of rotatable bonds is 3. The number of aryl methyl sites for hydroxylation is 1. The first-order valence-corrected chi connectivity index (χ1v) is 5.12. The maximum absolute atomic E-state index is 5.67. The van der Waals surface area contributed by atoms with Crippen LogP contribution < -0.4 is 5.73 Å². The lowest BCUT2D eigenvalue weighted by molar-refractivity contribution is 0.366. The molecule has 1 heterocycles. The molecule has 4 heteroatoms. The maximum atomic E-state index is 5.67. The molecular formula is C9H16BrN3. The molecule has 1 aromatic heterocycles. The summed E-state index contributed by atoms with van der Waals surface area (Å²) in [5.41, 5.74) is 7.03. The SMILES string of the molecule is Cn1nc(Br)cc1CC(C)(C)CN. The Morgan fingerprint density at radius 2 is 2.23 bits per heavy atom. The maximum Gasteiger partial charge on any atom is 0.128 e. The minimum atomic E-state index is 0.146. The molecule has 0 amide bonds. The van der Waals surface area contributed by atoms with E-state index in [1.165, 1.54) is 5.69 Å². The van der Waals surface area contributed by atoms with E-state index >= 15 is 0 Å².